The Kier molecular flexibility index (Phi) is 7.36. The van der Waals surface area contributed by atoms with Crippen LogP contribution in [0.4, 0.5) is 26.3 Å². The molecular formula is C19H14Br2F6O. The molecule has 0 saturated carbocycles. The van der Waals surface area contributed by atoms with Crippen LogP contribution in [0.25, 0.3) is 0 Å². The van der Waals surface area contributed by atoms with Crippen molar-refractivity contribution in [1.82, 2.24) is 0 Å². The first-order valence-corrected chi connectivity index (χ1v) is 9.62. The summed E-state index contributed by atoms with van der Waals surface area (Å²) in [5, 5.41) is 0. The van der Waals surface area contributed by atoms with Crippen LogP contribution in [-0.4, -0.2) is 18.1 Å². The standard InChI is InChI=1S/C19H14Br2F6O/c20-13-5-1-3-11(7-13)15(9-18(22,23)24)17(28)16(10-19(25,26)27)12-4-2-6-14(21)8-12/h1-8,15-16H,9-10H2. The zero-order chi connectivity index (χ0) is 21.1. The third-order valence-corrected chi connectivity index (χ3v) is 5.05. The molecule has 2 unspecified atom stereocenters. The lowest BCUT2D eigenvalue weighted by atomic mass is 9.80. The second-order valence-electron chi connectivity index (χ2n) is 6.26. The average Bonchev–Trinajstić information content (AvgIpc) is 2.55. The third-order valence-electron chi connectivity index (χ3n) is 4.06. The van der Waals surface area contributed by atoms with Crippen molar-refractivity contribution in [3.63, 3.8) is 0 Å². The molecule has 0 aliphatic rings. The summed E-state index contributed by atoms with van der Waals surface area (Å²) < 4.78 is 79.6. The van der Waals surface area contributed by atoms with Gasteiger partial charge in [-0.3, -0.25) is 4.79 Å². The summed E-state index contributed by atoms with van der Waals surface area (Å²) in [5.74, 6) is -4.61. The largest absolute Gasteiger partial charge is 0.390 e. The Labute approximate surface area is 174 Å². The van der Waals surface area contributed by atoms with E-state index in [2.05, 4.69) is 31.9 Å². The molecule has 2 atom stereocenters. The fraction of sp³-hybridized carbons (Fsp3) is 0.316. The van der Waals surface area contributed by atoms with Gasteiger partial charge in [-0.05, 0) is 35.4 Å². The normalized spacial score (nSPS) is 14.6. The first-order chi connectivity index (χ1) is 12.9. The van der Waals surface area contributed by atoms with E-state index in [1.165, 1.54) is 36.4 Å². The van der Waals surface area contributed by atoms with Gasteiger partial charge in [-0.2, -0.15) is 26.3 Å². The Balaban J connectivity index is 2.52. The highest BCUT2D eigenvalue weighted by atomic mass is 79.9. The molecule has 2 aromatic carbocycles. The highest BCUT2D eigenvalue weighted by Crippen LogP contribution is 2.40. The quantitative estimate of drug-likeness (QED) is 0.352. The van der Waals surface area contributed by atoms with Crippen molar-refractivity contribution in [1.29, 1.82) is 0 Å². The van der Waals surface area contributed by atoms with Gasteiger partial charge in [-0.15, -0.1) is 0 Å². The molecule has 0 N–H and O–H groups in total. The van der Waals surface area contributed by atoms with E-state index in [4.69, 9.17) is 0 Å². The molecule has 9 heteroatoms. The molecule has 1 nitrogen and oxygen atoms in total. The van der Waals surface area contributed by atoms with Crippen LogP contribution in [0.2, 0.25) is 0 Å². The Hall–Kier alpha value is -1.35. The Morgan fingerprint density at radius 2 is 1.11 bits per heavy atom. The first kappa shape index (κ1) is 22.9. The van der Waals surface area contributed by atoms with E-state index < -0.39 is 42.8 Å². The van der Waals surface area contributed by atoms with E-state index >= 15 is 0 Å². The molecule has 2 rings (SSSR count). The van der Waals surface area contributed by atoms with Crippen LogP contribution >= 0.6 is 31.9 Å². The van der Waals surface area contributed by atoms with E-state index in [0.717, 1.165) is 0 Å². The smallest absolute Gasteiger partial charge is 0.298 e. The molecule has 0 radical (unpaired) electrons. The number of halogens is 8. The highest BCUT2D eigenvalue weighted by Gasteiger charge is 2.42. The van der Waals surface area contributed by atoms with Crippen LogP contribution in [0, 0.1) is 0 Å². The molecule has 0 aliphatic carbocycles. The molecule has 0 aromatic heterocycles. The van der Waals surface area contributed by atoms with E-state index in [0.29, 0.717) is 8.95 Å². The fourth-order valence-electron chi connectivity index (χ4n) is 2.92. The van der Waals surface area contributed by atoms with Crippen molar-refractivity contribution in [3.05, 3.63) is 68.6 Å². The van der Waals surface area contributed by atoms with Crippen LogP contribution in [0.3, 0.4) is 0 Å². The Bertz CT molecular complexity index is 764. The highest BCUT2D eigenvalue weighted by molar-refractivity contribution is 9.10. The van der Waals surface area contributed by atoms with Gasteiger partial charge in [0.2, 0.25) is 0 Å². The van der Waals surface area contributed by atoms with Crippen LogP contribution in [0.15, 0.2) is 57.5 Å². The minimum Gasteiger partial charge on any atom is -0.298 e. The van der Waals surface area contributed by atoms with E-state index in [-0.39, 0.29) is 11.1 Å². The summed E-state index contributed by atoms with van der Waals surface area (Å²) in [7, 11) is 0. The van der Waals surface area contributed by atoms with Gasteiger partial charge in [0.1, 0.15) is 5.78 Å². The molecule has 0 aliphatic heterocycles. The van der Waals surface area contributed by atoms with Crippen molar-refractivity contribution in [2.45, 2.75) is 37.0 Å². The lowest BCUT2D eigenvalue weighted by Crippen LogP contribution is -2.28. The number of hydrogen-bond donors (Lipinski definition) is 0. The van der Waals surface area contributed by atoms with Crippen molar-refractivity contribution in [3.8, 4) is 0 Å². The monoisotopic (exact) mass is 530 g/mol. The lowest BCUT2D eigenvalue weighted by Gasteiger charge is -2.25. The van der Waals surface area contributed by atoms with E-state index in [9.17, 15) is 31.1 Å². The zero-order valence-electron chi connectivity index (χ0n) is 14.1. The maximum absolute atomic E-state index is 13.1. The number of rotatable bonds is 6. The zero-order valence-corrected chi connectivity index (χ0v) is 17.3. The van der Waals surface area contributed by atoms with E-state index in [1.807, 2.05) is 0 Å². The van der Waals surface area contributed by atoms with Crippen LogP contribution in [-0.2, 0) is 4.79 Å². The molecule has 0 saturated heterocycles. The SMILES string of the molecule is O=C(C(CC(F)(F)F)c1cccc(Br)c1)C(CC(F)(F)F)c1cccc(Br)c1. The van der Waals surface area contributed by atoms with Gasteiger partial charge in [0, 0.05) is 8.95 Å². The average molecular weight is 532 g/mol. The predicted octanol–water partition coefficient (Wildman–Crippen LogP) is 7.55. The molecule has 0 heterocycles. The van der Waals surface area contributed by atoms with Crippen LogP contribution < -0.4 is 0 Å². The molecule has 0 bridgehead atoms. The molecule has 0 amide bonds. The molecule has 28 heavy (non-hydrogen) atoms. The van der Waals surface area contributed by atoms with Gasteiger partial charge in [-0.1, -0.05) is 56.1 Å². The first-order valence-electron chi connectivity index (χ1n) is 8.04. The molecule has 152 valence electrons. The molecular weight excluding hydrogens is 518 g/mol. The number of ketones is 1. The third kappa shape index (κ3) is 6.92. The molecule has 0 fully saturated rings. The summed E-state index contributed by atoms with van der Waals surface area (Å²) >= 11 is 6.24. The Morgan fingerprint density at radius 3 is 1.39 bits per heavy atom. The van der Waals surface area contributed by atoms with Crippen molar-refractivity contribution in [2.24, 2.45) is 0 Å². The summed E-state index contributed by atoms with van der Waals surface area (Å²) in [6, 6.07) is 11.2. The van der Waals surface area contributed by atoms with Crippen LogP contribution in [0.5, 0.6) is 0 Å². The van der Waals surface area contributed by atoms with Gasteiger partial charge in [0.15, 0.2) is 0 Å². The molecule has 0 spiro atoms. The van der Waals surface area contributed by atoms with E-state index in [1.54, 1.807) is 12.1 Å². The minimum atomic E-state index is -4.72. The summed E-state index contributed by atoms with van der Waals surface area (Å²) in [5.41, 5.74) is 0.0257. The minimum absolute atomic E-state index is 0.0128. The number of carbonyl (C=O) groups is 1. The number of carbonyl (C=O) groups excluding carboxylic acids is 1. The van der Waals surface area contributed by atoms with Gasteiger partial charge in [-0.25, -0.2) is 0 Å². The number of benzene rings is 2. The van der Waals surface area contributed by atoms with Crippen LogP contribution in [0.1, 0.15) is 35.8 Å². The molecule has 2 aromatic rings. The summed E-state index contributed by atoms with van der Waals surface area (Å²) in [6.07, 6.45) is -12.5. The fourth-order valence-corrected chi connectivity index (χ4v) is 3.75. The topological polar surface area (TPSA) is 17.1 Å². The second-order valence-corrected chi connectivity index (χ2v) is 8.09. The van der Waals surface area contributed by atoms with Gasteiger partial charge in [0.25, 0.3) is 0 Å². The van der Waals surface area contributed by atoms with Crippen molar-refractivity contribution in [2.75, 3.05) is 0 Å². The Morgan fingerprint density at radius 1 is 0.750 bits per heavy atom. The number of alkyl halides is 6. The number of hydrogen-bond acceptors (Lipinski definition) is 1. The summed E-state index contributed by atoms with van der Waals surface area (Å²) in [4.78, 5) is 13.0. The summed E-state index contributed by atoms with van der Waals surface area (Å²) in [6.45, 7) is 0. The lowest BCUT2D eigenvalue weighted by molar-refractivity contribution is -0.155. The van der Waals surface area contributed by atoms with Crippen molar-refractivity contribution >= 4 is 37.6 Å². The maximum atomic E-state index is 13.1. The van der Waals surface area contributed by atoms with Crippen molar-refractivity contribution < 1.29 is 31.1 Å². The maximum Gasteiger partial charge on any atom is 0.390 e. The van der Waals surface area contributed by atoms with Gasteiger partial charge >= 0.3 is 12.4 Å². The predicted molar refractivity (Wildman–Crippen MR) is 100 cm³/mol. The second kappa shape index (κ2) is 8.98. The van der Waals surface area contributed by atoms with Gasteiger partial charge in [0.05, 0.1) is 24.7 Å². The van der Waals surface area contributed by atoms with Gasteiger partial charge < -0.3 is 0 Å². The number of Topliss-reactive ketones (excluding diaryl/α,β-unsaturated/α-hetero) is 1.